The molecule has 0 aliphatic rings. The molecule has 0 saturated carbocycles. The zero-order valence-corrected chi connectivity index (χ0v) is 21.1. The minimum atomic E-state index is -0.694. The Labute approximate surface area is 222 Å². The molecule has 5 rings (SSSR count). The van der Waals surface area contributed by atoms with Crippen molar-refractivity contribution in [2.75, 3.05) is 5.32 Å². The number of rotatable bonds is 7. The summed E-state index contributed by atoms with van der Waals surface area (Å²) in [6.07, 6.45) is 6.31. The molecule has 0 aliphatic carbocycles. The van der Waals surface area contributed by atoms with E-state index in [9.17, 15) is 9.59 Å². The minimum absolute atomic E-state index is 0.0136. The molecular weight excluding hydrogens is 499 g/mol. The molecule has 0 radical (unpaired) electrons. The lowest BCUT2D eigenvalue weighted by atomic mass is 9.96. The van der Waals surface area contributed by atoms with Crippen molar-refractivity contribution in [3.8, 4) is 34.1 Å². The van der Waals surface area contributed by atoms with Gasteiger partial charge in [0, 0.05) is 41.1 Å². The van der Waals surface area contributed by atoms with E-state index in [0.29, 0.717) is 44.9 Å². The minimum Gasteiger partial charge on any atom is -0.421 e. The van der Waals surface area contributed by atoms with Crippen LogP contribution in [-0.4, -0.2) is 31.2 Å². The van der Waals surface area contributed by atoms with Gasteiger partial charge in [0.1, 0.15) is 0 Å². The Kier molecular flexibility index (Phi) is 6.59. The van der Waals surface area contributed by atoms with E-state index in [1.807, 2.05) is 0 Å². The van der Waals surface area contributed by atoms with E-state index in [1.165, 1.54) is 24.5 Å². The van der Waals surface area contributed by atoms with Crippen LogP contribution >= 0.6 is 0 Å². The lowest BCUT2D eigenvalue weighted by Crippen LogP contribution is -2.12. The highest BCUT2D eigenvalue weighted by molar-refractivity contribution is 6.11. The molecule has 2 aromatic carbocycles. The number of anilines is 1. The van der Waals surface area contributed by atoms with Gasteiger partial charge in [-0.25, -0.2) is 14.4 Å². The number of primary amides is 1. The average Bonchev–Trinajstić information content (AvgIpc) is 3.26. The Morgan fingerprint density at radius 2 is 1.82 bits per heavy atom. The number of fused-ring (bicyclic) bond motifs is 1. The maximum Gasteiger partial charge on any atom is 0.322 e. The molecule has 0 spiro atoms. The number of hydrogen-bond donors (Lipinski definition) is 2. The SMILES string of the molecule is C=C(C)C(=O)Nc1ccc(-c2c(-c3ccc(Oc4nccc(C)n4)c(F)c3)c(C(N)=O)c3cnccn23)cc1. The van der Waals surface area contributed by atoms with E-state index in [1.54, 1.807) is 67.0 Å². The number of benzene rings is 2. The van der Waals surface area contributed by atoms with Crippen molar-refractivity contribution >= 4 is 23.0 Å². The number of amides is 2. The smallest absolute Gasteiger partial charge is 0.322 e. The van der Waals surface area contributed by atoms with Crippen LogP contribution in [0, 0.1) is 12.7 Å². The Hall–Kier alpha value is -5.38. The van der Waals surface area contributed by atoms with E-state index >= 15 is 4.39 Å². The van der Waals surface area contributed by atoms with Gasteiger partial charge in [0.25, 0.3) is 11.8 Å². The van der Waals surface area contributed by atoms with Gasteiger partial charge in [-0.05, 0) is 55.3 Å². The fourth-order valence-corrected chi connectivity index (χ4v) is 4.18. The molecule has 39 heavy (non-hydrogen) atoms. The van der Waals surface area contributed by atoms with E-state index in [4.69, 9.17) is 10.5 Å². The van der Waals surface area contributed by atoms with Crippen LogP contribution in [-0.2, 0) is 4.79 Å². The molecule has 0 bridgehead atoms. The van der Waals surface area contributed by atoms with Gasteiger partial charge in [-0.15, -0.1) is 0 Å². The molecule has 3 N–H and O–H groups in total. The second-order valence-corrected chi connectivity index (χ2v) is 8.83. The number of nitrogens with one attached hydrogen (secondary N) is 1. The highest BCUT2D eigenvalue weighted by Crippen LogP contribution is 2.40. The van der Waals surface area contributed by atoms with Gasteiger partial charge < -0.3 is 20.2 Å². The summed E-state index contributed by atoms with van der Waals surface area (Å²) in [6, 6.07) is 13.1. The van der Waals surface area contributed by atoms with Crippen LogP contribution < -0.4 is 15.8 Å². The third-order valence-corrected chi connectivity index (χ3v) is 5.99. The van der Waals surface area contributed by atoms with Crippen molar-refractivity contribution in [1.29, 1.82) is 0 Å². The molecule has 0 aliphatic heterocycles. The molecule has 194 valence electrons. The fourth-order valence-electron chi connectivity index (χ4n) is 4.18. The number of aryl methyl sites for hydroxylation is 1. The molecule has 0 fully saturated rings. The first-order chi connectivity index (χ1) is 18.7. The number of carbonyl (C=O) groups is 2. The molecule has 0 unspecified atom stereocenters. The summed E-state index contributed by atoms with van der Waals surface area (Å²) in [7, 11) is 0. The van der Waals surface area contributed by atoms with Crippen LogP contribution in [0.15, 0.2) is 85.5 Å². The number of carbonyl (C=O) groups excluding carboxylic acids is 2. The first-order valence-electron chi connectivity index (χ1n) is 11.9. The maximum absolute atomic E-state index is 15.3. The highest BCUT2D eigenvalue weighted by atomic mass is 19.1. The summed E-state index contributed by atoms with van der Waals surface area (Å²) in [5.41, 5.74) is 10.2. The summed E-state index contributed by atoms with van der Waals surface area (Å²) < 4.78 is 22.6. The van der Waals surface area contributed by atoms with Crippen molar-refractivity contribution in [3.05, 3.63) is 103 Å². The molecule has 3 aromatic heterocycles. The van der Waals surface area contributed by atoms with Crippen LogP contribution in [0.5, 0.6) is 11.8 Å². The molecule has 5 aromatic rings. The lowest BCUT2D eigenvalue weighted by Gasteiger charge is -2.11. The zero-order chi connectivity index (χ0) is 27.7. The number of ether oxygens (including phenoxy) is 1. The first kappa shape index (κ1) is 25.3. The van der Waals surface area contributed by atoms with E-state index in [0.717, 1.165) is 0 Å². The number of halogens is 1. The van der Waals surface area contributed by atoms with Crippen LogP contribution in [0.1, 0.15) is 23.0 Å². The average molecular weight is 523 g/mol. The summed E-state index contributed by atoms with van der Waals surface area (Å²) >= 11 is 0. The largest absolute Gasteiger partial charge is 0.421 e. The number of nitrogens with zero attached hydrogens (tertiary/aromatic N) is 4. The van der Waals surface area contributed by atoms with Gasteiger partial charge in [-0.3, -0.25) is 14.6 Å². The summed E-state index contributed by atoms with van der Waals surface area (Å²) in [4.78, 5) is 37.0. The van der Waals surface area contributed by atoms with Gasteiger partial charge >= 0.3 is 6.01 Å². The molecule has 3 heterocycles. The molecule has 10 heteroatoms. The van der Waals surface area contributed by atoms with Crippen LogP contribution in [0.4, 0.5) is 10.1 Å². The Morgan fingerprint density at radius 3 is 2.49 bits per heavy atom. The van der Waals surface area contributed by atoms with Crippen molar-refractivity contribution < 1.29 is 18.7 Å². The Balaban J connectivity index is 1.64. The first-order valence-corrected chi connectivity index (χ1v) is 11.9. The second kappa shape index (κ2) is 10.2. The molecule has 2 amide bonds. The third kappa shape index (κ3) is 4.95. The van der Waals surface area contributed by atoms with Crippen molar-refractivity contribution in [1.82, 2.24) is 19.4 Å². The Morgan fingerprint density at radius 1 is 1.08 bits per heavy atom. The van der Waals surface area contributed by atoms with Gasteiger partial charge in [0.2, 0.25) is 0 Å². The summed E-state index contributed by atoms with van der Waals surface area (Å²) in [6.45, 7) is 7.03. The van der Waals surface area contributed by atoms with Crippen molar-refractivity contribution in [2.45, 2.75) is 13.8 Å². The second-order valence-electron chi connectivity index (χ2n) is 8.83. The quantitative estimate of drug-likeness (QED) is 0.279. The van der Waals surface area contributed by atoms with Gasteiger partial charge in [0.15, 0.2) is 11.6 Å². The highest BCUT2D eigenvalue weighted by Gasteiger charge is 2.25. The predicted molar refractivity (Wildman–Crippen MR) is 145 cm³/mol. The topological polar surface area (TPSA) is 124 Å². The van der Waals surface area contributed by atoms with Gasteiger partial charge in [-0.2, -0.15) is 0 Å². The number of aromatic nitrogens is 4. The normalized spacial score (nSPS) is 10.8. The standard InChI is InChI=1S/C29H23FN6O3/c1-16(2)28(38)35-20-7-4-18(5-8-20)26-24(25(27(31)37)22-15-32-12-13-36(22)26)19-6-9-23(21(30)14-19)39-29-33-11-10-17(3)34-29/h4-15H,1H2,2-3H3,(H2,31,37)(H,35,38). The van der Waals surface area contributed by atoms with Gasteiger partial charge in [-0.1, -0.05) is 24.8 Å². The Bertz CT molecular complexity index is 1760. The number of nitrogens with two attached hydrogens (primary N) is 1. The molecule has 0 saturated heterocycles. The van der Waals surface area contributed by atoms with E-state index in [2.05, 4.69) is 26.8 Å². The lowest BCUT2D eigenvalue weighted by molar-refractivity contribution is -0.112. The number of hydrogen-bond acceptors (Lipinski definition) is 6. The molecule has 9 nitrogen and oxygen atoms in total. The predicted octanol–water partition coefficient (Wildman–Crippen LogP) is 5.31. The van der Waals surface area contributed by atoms with Crippen molar-refractivity contribution in [3.63, 3.8) is 0 Å². The summed E-state index contributed by atoms with van der Waals surface area (Å²) in [5, 5.41) is 2.76. The maximum atomic E-state index is 15.3. The van der Waals surface area contributed by atoms with Crippen molar-refractivity contribution in [2.24, 2.45) is 5.73 Å². The third-order valence-electron chi connectivity index (χ3n) is 5.99. The summed E-state index contributed by atoms with van der Waals surface area (Å²) in [5.74, 6) is -1.74. The van der Waals surface area contributed by atoms with Crippen LogP contribution in [0.2, 0.25) is 0 Å². The van der Waals surface area contributed by atoms with Crippen LogP contribution in [0.3, 0.4) is 0 Å². The van der Waals surface area contributed by atoms with Gasteiger partial charge in [0.05, 0.1) is 23.0 Å². The van der Waals surface area contributed by atoms with Crippen LogP contribution in [0.25, 0.3) is 27.9 Å². The van der Waals surface area contributed by atoms with E-state index < -0.39 is 11.7 Å². The molecule has 0 atom stereocenters. The molecular formula is C29H23FN6O3. The fraction of sp³-hybridized carbons (Fsp3) is 0.0690. The monoisotopic (exact) mass is 522 g/mol. The van der Waals surface area contributed by atoms with E-state index in [-0.39, 0.29) is 23.2 Å². The zero-order valence-electron chi connectivity index (χ0n) is 21.1.